The third kappa shape index (κ3) is 25.4. The summed E-state index contributed by atoms with van der Waals surface area (Å²) in [6.07, 6.45) is -7.53. The van der Waals surface area contributed by atoms with Crippen LogP contribution in [0.1, 0.15) is 162 Å². The van der Waals surface area contributed by atoms with Crippen LogP contribution in [-0.4, -0.2) is 301 Å². The van der Waals surface area contributed by atoms with Crippen LogP contribution in [0.2, 0.25) is 0 Å². The summed E-state index contributed by atoms with van der Waals surface area (Å²) in [6.45, 7) is 32.5. The first kappa shape index (κ1) is 109. The number of nitriles is 3. The van der Waals surface area contributed by atoms with Crippen molar-refractivity contribution in [2.24, 2.45) is 0 Å². The van der Waals surface area contributed by atoms with Gasteiger partial charge in [-0.15, -0.1) is 34.0 Å². The van der Waals surface area contributed by atoms with Crippen molar-refractivity contribution in [2.45, 2.75) is 243 Å². The van der Waals surface area contributed by atoms with Crippen LogP contribution in [0.25, 0.3) is 63.4 Å². The van der Waals surface area contributed by atoms with Crippen LogP contribution in [0.3, 0.4) is 0 Å². The maximum atomic E-state index is 13.0. The van der Waals surface area contributed by atoms with Gasteiger partial charge in [0.25, 0.3) is 10.2 Å². The van der Waals surface area contributed by atoms with Crippen molar-refractivity contribution in [3.63, 3.8) is 0 Å². The second kappa shape index (κ2) is 44.5. The minimum Gasteiger partial charge on any atom is -0.368 e. The summed E-state index contributed by atoms with van der Waals surface area (Å²) in [6, 6.07) is 31.4. The number of hydrogen-bond acceptors (Lipinski definition) is 28. The highest BCUT2D eigenvalue weighted by Gasteiger charge is 2.45. The Balaban J connectivity index is 0.000000146. The first-order valence-corrected chi connectivity index (χ1v) is 57.9. The summed E-state index contributed by atoms with van der Waals surface area (Å²) in [4.78, 5) is 42.7. The molecule has 15 heterocycles. The van der Waals surface area contributed by atoms with E-state index in [9.17, 15) is 80.6 Å². The number of aryl methyl sites for hydroxylation is 5. The van der Waals surface area contributed by atoms with Crippen molar-refractivity contribution in [1.82, 2.24) is 90.6 Å². The van der Waals surface area contributed by atoms with Crippen molar-refractivity contribution >= 4 is 151 Å². The van der Waals surface area contributed by atoms with Gasteiger partial charge in [-0.3, -0.25) is 29.4 Å². The number of thiophene rings is 3. The number of alkyl halides is 9. The molecule has 6 N–H and O–H groups in total. The smallest absolute Gasteiger partial charge is 0.368 e. The lowest BCUT2D eigenvalue weighted by atomic mass is 10.0. The van der Waals surface area contributed by atoms with Crippen molar-refractivity contribution in [3.05, 3.63) is 150 Å². The van der Waals surface area contributed by atoms with E-state index >= 15 is 0 Å². The van der Waals surface area contributed by atoms with Crippen LogP contribution < -0.4 is 26.4 Å². The van der Waals surface area contributed by atoms with Gasteiger partial charge in [0, 0.05) is 248 Å². The fourth-order valence-electron chi connectivity index (χ4n) is 21.9. The highest BCUT2D eigenvalue weighted by molar-refractivity contribution is 7.90. The van der Waals surface area contributed by atoms with Gasteiger partial charge in [0.05, 0.1) is 45.9 Å². The molecule has 3 atom stereocenters. The Hall–Kier alpha value is -10.1. The van der Waals surface area contributed by atoms with E-state index in [1.807, 2.05) is 18.2 Å². The summed E-state index contributed by atoms with van der Waals surface area (Å²) in [5.74, 6) is 2.78. The summed E-state index contributed by atoms with van der Waals surface area (Å²) in [5.41, 5.74) is 17.9. The second-order valence-corrected chi connectivity index (χ2v) is 50.7. The Morgan fingerprint density at radius 1 is 0.383 bits per heavy atom. The Morgan fingerprint density at radius 3 is 0.940 bits per heavy atom. The zero-order valence-corrected chi connectivity index (χ0v) is 89.9. The molecular weight excluding hydrogens is 2050 g/mol. The number of likely N-dealkylation sites (tertiary alicyclic amines) is 3. The average Bonchev–Trinajstić information content (AvgIpc) is 1.62. The fourth-order valence-corrected chi connectivity index (χ4v) is 29.7. The standard InChI is InChI=1S/C35H43F3N8O2S2.C34H42F3N9O2S2.C33H42F3N9O2S2/c1-22(44-12-14-45(15-13-44)50(47,48)29-5-6-29)20-46-27(19-39)16-30-23(2)25(4-7-32(30)46)21-43-10-8-26(9-11-43)42-33-31-17-28(18-35(36,37)38)49-34(31)41-24(3)40-33;1-21(44-11-13-45(14-12-44)50(47,48)27-4-5-27)19-46-25(18-38)15-28-22(2)23(3-6-30(28)46)20-43-9-7-24(8-10-43)40-31-29-16-26(17-34(35,36)37)49-32(29)42-33(39)41-31;1-21(43-11-13-44(14-12-43)49(46,47)38-4)19-45-26(18-37)15-28-22(2)24(5-6-30(28)45)20-42-9-7-25(8-10-42)41-31-29-16-27(17-33(34,35)36)48-32(29)40-23(3)39-31/h4,7,16-17,22,26,29H,5-6,8-15,18,20-21H2,1-3H3,(H,40,41,42);3,6,15-16,21,24,27H,4-5,7-14,17,19-20H2,1-2H3,(H3,39,40,41,42);5-6,15-16,21,25,38H,7-14,17,19-20H2,1-4H3,(H,39,40,41)/t22-;2*21-/m000/s1. The number of sulfonamides is 2. The molecule has 2 aliphatic carbocycles. The highest BCUT2D eigenvalue weighted by atomic mass is 32.2. The van der Waals surface area contributed by atoms with Crippen molar-refractivity contribution < 1.29 is 64.8 Å². The molecule has 0 spiro atoms. The van der Waals surface area contributed by atoms with Crippen LogP contribution >= 0.6 is 34.0 Å². The van der Waals surface area contributed by atoms with E-state index in [1.54, 1.807) is 34.6 Å². The summed E-state index contributed by atoms with van der Waals surface area (Å²) in [5, 5.41) is 45.3. The Kier molecular flexibility index (Phi) is 32.5. The number of aromatic nitrogens is 9. The number of halogens is 9. The van der Waals surface area contributed by atoms with Crippen LogP contribution in [0.15, 0.2) is 72.8 Å². The van der Waals surface area contributed by atoms with Crippen molar-refractivity contribution in [1.29, 1.82) is 15.8 Å². The molecule has 6 aliphatic heterocycles. The van der Waals surface area contributed by atoms with E-state index in [-0.39, 0.29) is 67.3 Å². The van der Waals surface area contributed by atoms with Gasteiger partial charge in [0.15, 0.2) is 0 Å². The summed E-state index contributed by atoms with van der Waals surface area (Å²) in [7, 11) is -8.33. The monoisotopic (exact) mass is 2170 g/mol. The minimum atomic E-state index is -4.30. The molecule has 3 aromatic carbocycles. The Bertz CT molecular complexity index is 7120. The lowest BCUT2D eigenvalue weighted by Crippen LogP contribution is -2.54. The summed E-state index contributed by atoms with van der Waals surface area (Å²) < 4.78 is 206. The molecule has 0 bridgehead atoms. The maximum absolute atomic E-state index is 13.0. The van der Waals surface area contributed by atoms with Crippen LogP contribution in [0.5, 0.6) is 0 Å². The SMILES string of the molecule is CNS(=O)(=O)N1CCN([C@@H](C)Cn2c(C#N)cc3c(C)c(CN4CCC(Nc5nc(C)nc6sc(CC(F)(F)F)cc56)CC4)ccc32)CC1.Cc1c(CN2CCC(Nc3nc(N)nc4sc(CC(F)(F)F)cc34)CC2)ccc2c1cc(C#N)n2C[C@H](C)N1CCN(S(=O)(=O)C2CC2)CC1.Cc1nc(NC2CCN(Cc3ccc4c(cc(C#N)n4C[C@H](C)N4CCN(S(=O)(=O)C5CC5)CC4)c3C)CC2)c2cc(CC(F)(F)F)sc2n1. The van der Waals surface area contributed by atoms with Gasteiger partial charge in [0.2, 0.25) is 26.0 Å². The Labute approximate surface area is 874 Å². The van der Waals surface area contributed by atoms with Gasteiger partial charge in [-0.25, -0.2) is 46.5 Å². The van der Waals surface area contributed by atoms with E-state index in [1.165, 1.54) is 34.1 Å². The van der Waals surface area contributed by atoms with Gasteiger partial charge in [-0.1, -0.05) is 18.2 Å². The van der Waals surface area contributed by atoms with Gasteiger partial charge >= 0.3 is 18.5 Å². The molecule has 0 amide bonds. The lowest BCUT2D eigenvalue weighted by Gasteiger charge is -2.37. The molecule has 2 saturated carbocycles. The third-order valence-electron chi connectivity index (χ3n) is 30.6. The molecule has 12 aromatic rings. The zero-order valence-electron chi connectivity index (χ0n) is 85.0. The predicted octanol–water partition coefficient (Wildman–Crippen LogP) is 15.7. The Morgan fingerprint density at radius 2 is 0.664 bits per heavy atom. The topological polar surface area (TPSA) is 369 Å². The number of anilines is 4. The predicted molar refractivity (Wildman–Crippen MR) is 565 cm³/mol. The van der Waals surface area contributed by atoms with E-state index in [4.69, 9.17) is 5.73 Å². The molecule has 0 unspecified atom stereocenters. The normalized spacial score (nSPS) is 19.2. The molecule has 800 valence electrons. The largest absolute Gasteiger partial charge is 0.393 e. The lowest BCUT2D eigenvalue weighted by molar-refractivity contribution is -0.127. The number of nitrogens with one attached hydrogen (secondary N) is 4. The molecule has 20 rings (SSSR count). The van der Waals surface area contributed by atoms with Gasteiger partial charge in [-0.2, -0.15) is 81.6 Å². The second-order valence-electron chi connectivity index (χ2n) is 41.1. The number of nitrogens with two attached hydrogens (primary N) is 1. The first-order chi connectivity index (χ1) is 70.8. The van der Waals surface area contributed by atoms with Gasteiger partial charge < -0.3 is 35.4 Å². The van der Waals surface area contributed by atoms with E-state index in [0.717, 1.165) is 207 Å². The number of rotatable bonds is 30. The fraction of sp³-hybridized carbons (Fsp3) is 0.559. The number of piperidine rings is 3. The molecule has 8 aliphatic rings. The maximum Gasteiger partial charge on any atom is 0.393 e. The first-order valence-electron chi connectivity index (χ1n) is 51.0. The molecule has 9 aromatic heterocycles. The number of fused-ring (bicyclic) bond motifs is 6. The number of piperazine rings is 3. The average molecular weight is 2180 g/mol. The minimum absolute atomic E-state index is 0.0335. The van der Waals surface area contributed by atoms with Crippen LogP contribution in [0, 0.1) is 68.6 Å². The van der Waals surface area contributed by atoms with Gasteiger partial charge in [-0.05, 0) is 208 Å². The number of hydrogen-bond donors (Lipinski definition) is 5. The molecular formula is C102H127F9N26O6S6. The van der Waals surface area contributed by atoms with Crippen LogP contribution in [-0.2, 0) is 88.8 Å². The van der Waals surface area contributed by atoms with Crippen molar-refractivity contribution in [3.8, 4) is 18.2 Å². The van der Waals surface area contributed by atoms with E-state index < -0.39 is 68.0 Å². The molecule has 6 saturated heterocycles. The molecule has 8 fully saturated rings. The number of nitrogens with zero attached hydrogens (tertiary/aromatic N) is 21. The third-order valence-corrected chi connectivity index (χ3v) is 40.1. The molecule has 0 radical (unpaired) electrons. The number of nitrogen functional groups attached to an aromatic ring is 1. The highest BCUT2D eigenvalue weighted by Crippen LogP contribution is 2.42. The van der Waals surface area contributed by atoms with E-state index in [0.29, 0.717) is 175 Å². The van der Waals surface area contributed by atoms with Gasteiger partial charge in [0.1, 0.15) is 78.9 Å². The molecule has 149 heavy (non-hydrogen) atoms. The molecule has 47 heteroatoms. The molecule has 32 nitrogen and oxygen atoms in total. The summed E-state index contributed by atoms with van der Waals surface area (Å²) >= 11 is 3.14. The number of benzene rings is 3. The quantitative estimate of drug-likeness (QED) is 0.0261. The van der Waals surface area contributed by atoms with Crippen LogP contribution in [0.4, 0.5) is 62.9 Å². The zero-order chi connectivity index (χ0) is 106. The van der Waals surface area contributed by atoms with E-state index in [2.05, 4.69) is 190 Å². The van der Waals surface area contributed by atoms with Crippen molar-refractivity contribution in [2.75, 3.05) is 147 Å².